The lowest BCUT2D eigenvalue weighted by Crippen LogP contribution is -2.34. The lowest BCUT2D eigenvalue weighted by atomic mass is 9.99. The topological polar surface area (TPSA) is 66.8 Å². The van der Waals surface area contributed by atoms with Gasteiger partial charge in [0, 0.05) is 6.07 Å². The lowest BCUT2D eigenvalue weighted by molar-refractivity contribution is -0.0114. The van der Waals surface area contributed by atoms with Gasteiger partial charge in [-0.3, -0.25) is 0 Å². The number of ether oxygens (including phenoxy) is 1. The zero-order valence-corrected chi connectivity index (χ0v) is 10.4. The highest BCUT2D eigenvalue weighted by molar-refractivity contribution is 5.88. The maximum Gasteiger partial charge on any atom is 0.338 e. The van der Waals surface area contributed by atoms with E-state index in [0.717, 1.165) is 12.1 Å². The molecule has 2 N–H and O–H groups in total. The van der Waals surface area contributed by atoms with E-state index >= 15 is 0 Å². The first-order valence-corrected chi connectivity index (χ1v) is 5.80. The zero-order valence-electron chi connectivity index (χ0n) is 10.4. The monoisotopic (exact) mass is 256 g/mol. The second kappa shape index (κ2) is 5.82. The number of aliphatic hydroxyl groups is 1. The normalized spacial score (nSPS) is 11.3. The molecule has 0 aliphatic rings. The number of carboxylic acid groups (broad SMARTS) is 1. The molecule has 0 atom stereocenters. The fourth-order valence-electron chi connectivity index (χ4n) is 1.43. The Kier molecular flexibility index (Phi) is 4.67. The average Bonchev–Trinajstić information content (AvgIpc) is 2.35. The molecule has 0 heterocycles. The van der Waals surface area contributed by atoms with E-state index in [1.165, 1.54) is 6.07 Å². The fourth-order valence-corrected chi connectivity index (χ4v) is 1.43. The quantitative estimate of drug-likeness (QED) is 0.820. The molecule has 0 aliphatic carbocycles. The van der Waals surface area contributed by atoms with Gasteiger partial charge in [-0.2, -0.15) is 0 Å². The first-order valence-electron chi connectivity index (χ1n) is 5.80. The van der Waals surface area contributed by atoms with Crippen LogP contribution in [0.25, 0.3) is 0 Å². The molecule has 4 nitrogen and oxygen atoms in total. The van der Waals surface area contributed by atoms with Crippen LogP contribution < -0.4 is 4.74 Å². The highest BCUT2D eigenvalue weighted by atomic mass is 19.1. The van der Waals surface area contributed by atoms with Crippen molar-refractivity contribution in [3.8, 4) is 5.75 Å². The number of carbonyl (C=O) groups is 1. The molecule has 0 saturated carbocycles. The van der Waals surface area contributed by atoms with Crippen molar-refractivity contribution in [2.24, 2.45) is 0 Å². The Hall–Kier alpha value is -1.62. The summed E-state index contributed by atoms with van der Waals surface area (Å²) in [6.45, 7) is 3.72. The van der Waals surface area contributed by atoms with Gasteiger partial charge >= 0.3 is 5.97 Å². The third-order valence-corrected chi connectivity index (χ3v) is 2.99. The van der Waals surface area contributed by atoms with Crippen LogP contribution in [0.5, 0.6) is 5.75 Å². The van der Waals surface area contributed by atoms with E-state index in [9.17, 15) is 14.3 Å². The van der Waals surface area contributed by atoms with Gasteiger partial charge in [-0.15, -0.1) is 0 Å². The van der Waals surface area contributed by atoms with Gasteiger partial charge in [0.25, 0.3) is 0 Å². The van der Waals surface area contributed by atoms with Crippen LogP contribution in [0.15, 0.2) is 18.2 Å². The predicted molar refractivity (Wildman–Crippen MR) is 64.4 cm³/mol. The molecule has 5 heteroatoms. The molecule has 1 rings (SSSR count). The van der Waals surface area contributed by atoms with Crippen LogP contribution in [-0.4, -0.2) is 28.4 Å². The van der Waals surface area contributed by atoms with E-state index in [1.54, 1.807) is 0 Å². The van der Waals surface area contributed by atoms with E-state index in [2.05, 4.69) is 0 Å². The summed E-state index contributed by atoms with van der Waals surface area (Å²) in [6, 6.07) is 3.53. The Labute approximate surface area is 105 Å². The molecule has 0 amide bonds. The largest absolute Gasteiger partial charge is 0.490 e. The SMILES string of the molecule is CCC(O)(CC)COc1ccc(C(=O)O)c(F)c1. The first-order chi connectivity index (χ1) is 8.41. The van der Waals surface area contributed by atoms with Gasteiger partial charge in [-0.1, -0.05) is 13.8 Å². The van der Waals surface area contributed by atoms with Crippen molar-refractivity contribution < 1.29 is 24.1 Å². The smallest absolute Gasteiger partial charge is 0.338 e. The summed E-state index contributed by atoms with van der Waals surface area (Å²) in [5.74, 6) is -1.97. The number of hydrogen-bond acceptors (Lipinski definition) is 3. The summed E-state index contributed by atoms with van der Waals surface area (Å²) < 4.78 is 18.6. The summed E-state index contributed by atoms with van der Waals surface area (Å²) in [5.41, 5.74) is -1.34. The van der Waals surface area contributed by atoms with Crippen LogP contribution in [-0.2, 0) is 0 Å². The molecule has 0 spiro atoms. The van der Waals surface area contributed by atoms with Crippen LogP contribution in [0.3, 0.4) is 0 Å². The third kappa shape index (κ3) is 3.43. The second-order valence-electron chi connectivity index (χ2n) is 4.17. The molecule has 0 radical (unpaired) electrons. The molecule has 0 saturated heterocycles. The van der Waals surface area contributed by atoms with Gasteiger partial charge in [0.1, 0.15) is 18.2 Å². The van der Waals surface area contributed by atoms with Crippen molar-refractivity contribution in [1.82, 2.24) is 0 Å². The Morgan fingerprint density at radius 2 is 2.00 bits per heavy atom. The van der Waals surface area contributed by atoms with Crippen LogP contribution in [0.1, 0.15) is 37.0 Å². The van der Waals surface area contributed by atoms with E-state index in [1.807, 2.05) is 13.8 Å². The van der Waals surface area contributed by atoms with Crippen molar-refractivity contribution in [1.29, 1.82) is 0 Å². The Balaban J connectivity index is 2.75. The second-order valence-corrected chi connectivity index (χ2v) is 4.17. The number of hydrogen-bond donors (Lipinski definition) is 2. The highest BCUT2D eigenvalue weighted by Crippen LogP contribution is 2.20. The lowest BCUT2D eigenvalue weighted by Gasteiger charge is -2.25. The zero-order chi connectivity index (χ0) is 13.8. The summed E-state index contributed by atoms with van der Waals surface area (Å²) in [5, 5.41) is 18.7. The van der Waals surface area contributed by atoms with Gasteiger partial charge in [0.2, 0.25) is 0 Å². The Morgan fingerprint density at radius 1 is 1.39 bits per heavy atom. The van der Waals surface area contributed by atoms with Gasteiger partial charge in [0.05, 0.1) is 11.2 Å². The molecule has 18 heavy (non-hydrogen) atoms. The van der Waals surface area contributed by atoms with Gasteiger partial charge in [-0.25, -0.2) is 9.18 Å². The van der Waals surface area contributed by atoms with E-state index in [0.29, 0.717) is 12.8 Å². The molecule has 0 bridgehead atoms. The van der Waals surface area contributed by atoms with Gasteiger partial charge < -0.3 is 14.9 Å². The summed E-state index contributed by atoms with van der Waals surface area (Å²) in [4.78, 5) is 10.6. The fraction of sp³-hybridized carbons (Fsp3) is 0.462. The minimum absolute atomic E-state index is 0.0475. The van der Waals surface area contributed by atoms with Crippen molar-refractivity contribution in [2.45, 2.75) is 32.3 Å². The van der Waals surface area contributed by atoms with Crippen molar-refractivity contribution in [3.63, 3.8) is 0 Å². The maximum absolute atomic E-state index is 13.4. The average molecular weight is 256 g/mol. The molecule has 1 aromatic rings. The van der Waals surface area contributed by atoms with Crippen LogP contribution in [0.2, 0.25) is 0 Å². The molecule has 0 aliphatic heterocycles. The maximum atomic E-state index is 13.4. The third-order valence-electron chi connectivity index (χ3n) is 2.99. The Morgan fingerprint density at radius 3 is 2.44 bits per heavy atom. The number of benzene rings is 1. The van der Waals surface area contributed by atoms with Crippen molar-refractivity contribution in [2.75, 3.05) is 6.61 Å². The summed E-state index contributed by atoms with van der Waals surface area (Å²) in [7, 11) is 0. The van der Waals surface area contributed by atoms with Gasteiger partial charge in [0.15, 0.2) is 0 Å². The van der Waals surface area contributed by atoms with Crippen molar-refractivity contribution in [3.05, 3.63) is 29.6 Å². The highest BCUT2D eigenvalue weighted by Gasteiger charge is 2.23. The molecular weight excluding hydrogens is 239 g/mol. The van der Waals surface area contributed by atoms with Crippen LogP contribution >= 0.6 is 0 Å². The molecule has 100 valence electrons. The standard InChI is InChI=1S/C13H17FO4/c1-3-13(17,4-2)8-18-9-5-6-10(12(15)16)11(14)7-9/h5-7,17H,3-4,8H2,1-2H3,(H,15,16). The van der Waals surface area contributed by atoms with E-state index < -0.39 is 23.0 Å². The minimum Gasteiger partial charge on any atom is -0.490 e. The minimum atomic E-state index is -1.32. The number of aromatic carboxylic acids is 1. The van der Waals surface area contributed by atoms with Crippen molar-refractivity contribution >= 4 is 5.97 Å². The molecule has 1 aromatic carbocycles. The van der Waals surface area contributed by atoms with Gasteiger partial charge in [-0.05, 0) is 25.0 Å². The molecule has 0 fully saturated rings. The number of rotatable bonds is 6. The Bertz CT molecular complexity index is 427. The number of halogens is 1. The predicted octanol–water partition coefficient (Wildman–Crippen LogP) is 2.45. The molecule has 0 aromatic heterocycles. The molecule has 0 unspecified atom stereocenters. The van der Waals surface area contributed by atoms with E-state index in [-0.39, 0.29) is 12.4 Å². The van der Waals surface area contributed by atoms with Crippen LogP contribution in [0.4, 0.5) is 4.39 Å². The van der Waals surface area contributed by atoms with E-state index in [4.69, 9.17) is 9.84 Å². The summed E-state index contributed by atoms with van der Waals surface area (Å²) in [6.07, 6.45) is 1.05. The first kappa shape index (κ1) is 14.4. The van der Waals surface area contributed by atoms with Crippen LogP contribution in [0, 0.1) is 5.82 Å². The summed E-state index contributed by atoms with van der Waals surface area (Å²) >= 11 is 0. The molecular formula is C13H17FO4. The number of carboxylic acids is 1.